The number of primary amides is 1. The van der Waals surface area contributed by atoms with E-state index in [0.29, 0.717) is 23.9 Å². The highest BCUT2D eigenvalue weighted by molar-refractivity contribution is 6.04. The summed E-state index contributed by atoms with van der Waals surface area (Å²) in [5.74, 6) is -0.300. The van der Waals surface area contributed by atoms with Gasteiger partial charge >= 0.3 is 0 Å². The summed E-state index contributed by atoms with van der Waals surface area (Å²) in [4.78, 5) is 25.7. The molecule has 0 spiro atoms. The Balaban J connectivity index is 1.73. The van der Waals surface area contributed by atoms with Crippen LogP contribution in [0.5, 0.6) is 0 Å². The predicted octanol–water partition coefficient (Wildman–Crippen LogP) is 1.61. The first-order chi connectivity index (χ1) is 10.6. The van der Waals surface area contributed by atoms with Crippen molar-refractivity contribution in [2.45, 2.75) is 32.1 Å². The van der Waals surface area contributed by atoms with Crippen molar-refractivity contribution in [3.63, 3.8) is 0 Å². The number of nitrogens with zero attached hydrogens (tertiary/aromatic N) is 2. The van der Waals surface area contributed by atoms with Crippen molar-refractivity contribution in [3.05, 3.63) is 29.5 Å². The van der Waals surface area contributed by atoms with Crippen LogP contribution in [0.25, 0.3) is 10.9 Å². The van der Waals surface area contributed by atoms with E-state index in [2.05, 4.69) is 10.2 Å². The molecular formula is C16H20N4O2. The highest BCUT2D eigenvalue weighted by Gasteiger charge is 2.17. The summed E-state index contributed by atoms with van der Waals surface area (Å²) in [6.45, 7) is 1.73. The molecule has 1 fully saturated rings. The molecule has 22 heavy (non-hydrogen) atoms. The number of carbonyl (C=O) groups excluding carboxylic acids is 2. The smallest absolute Gasteiger partial charge is 0.250 e. The van der Waals surface area contributed by atoms with E-state index in [1.54, 1.807) is 12.3 Å². The first-order valence-electron chi connectivity index (χ1n) is 7.69. The maximum Gasteiger partial charge on any atom is 0.250 e. The first-order valence-corrected chi connectivity index (χ1v) is 7.69. The van der Waals surface area contributed by atoms with Gasteiger partial charge in [0.1, 0.15) is 0 Å². The van der Waals surface area contributed by atoms with Crippen molar-refractivity contribution in [3.8, 4) is 0 Å². The Labute approximate surface area is 128 Å². The van der Waals surface area contributed by atoms with Crippen LogP contribution in [0, 0.1) is 0 Å². The summed E-state index contributed by atoms with van der Waals surface area (Å²) in [7, 11) is 0. The molecule has 1 aromatic heterocycles. The van der Waals surface area contributed by atoms with Crippen molar-refractivity contribution < 1.29 is 9.59 Å². The van der Waals surface area contributed by atoms with Gasteiger partial charge in [-0.25, -0.2) is 0 Å². The minimum Gasteiger partial charge on any atom is -0.366 e. The lowest BCUT2D eigenvalue weighted by molar-refractivity contribution is -0.132. The number of rotatable bonds is 4. The monoisotopic (exact) mass is 300 g/mol. The summed E-state index contributed by atoms with van der Waals surface area (Å²) in [6.07, 6.45) is 6.13. The SMILES string of the molecule is NC(=O)c1cc(CCC(=O)N2CCCCC2)cc2cn[nH]c12. The molecule has 1 saturated heterocycles. The number of piperidine rings is 1. The van der Waals surface area contributed by atoms with Crippen LogP contribution in [0.1, 0.15) is 41.6 Å². The number of carbonyl (C=O) groups is 2. The van der Waals surface area contributed by atoms with Gasteiger partial charge in [-0.3, -0.25) is 14.7 Å². The minimum absolute atomic E-state index is 0.188. The molecule has 0 unspecified atom stereocenters. The molecule has 1 aliphatic rings. The van der Waals surface area contributed by atoms with Crippen LogP contribution in [-0.4, -0.2) is 40.0 Å². The maximum absolute atomic E-state index is 12.2. The summed E-state index contributed by atoms with van der Waals surface area (Å²) in [6, 6.07) is 3.71. The maximum atomic E-state index is 12.2. The lowest BCUT2D eigenvalue weighted by atomic mass is 10.0. The molecule has 6 nitrogen and oxygen atoms in total. The van der Waals surface area contributed by atoms with Crippen LogP contribution in [-0.2, 0) is 11.2 Å². The number of hydrogen-bond acceptors (Lipinski definition) is 3. The number of likely N-dealkylation sites (tertiary alicyclic amines) is 1. The third-order valence-electron chi connectivity index (χ3n) is 4.21. The van der Waals surface area contributed by atoms with Crippen LogP contribution >= 0.6 is 0 Å². The number of fused-ring (bicyclic) bond motifs is 1. The zero-order chi connectivity index (χ0) is 15.5. The second-order valence-electron chi connectivity index (χ2n) is 5.78. The van der Waals surface area contributed by atoms with Crippen molar-refractivity contribution in [1.29, 1.82) is 0 Å². The topological polar surface area (TPSA) is 92.1 Å². The Morgan fingerprint density at radius 1 is 1.23 bits per heavy atom. The average Bonchev–Trinajstić information content (AvgIpc) is 3.00. The second-order valence-corrected chi connectivity index (χ2v) is 5.78. The van der Waals surface area contributed by atoms with E-state index < -0.39 is 5.91 Å². The van der Waals surface area contributed by atoms with Gasteiger partial charge in [0.15, 0.2) is 0 Å². The largest absolute Gasteiger partial charge is 0.366 e. The molecule has 3 N–H and O–H groups in total. The van der Waals surface area contributed by atoms with Gasteiger partial charge in [-0.15, -0.1) is 0 Å². The van der Waals surface area contributed by atoms with E-state index in [0.717, 1.165) is 36.9 Å². The van der Waals surface area contributed by atoms with Crippen molar-refractivity contribution in [1.82, 2.24) is 15.1 Å². The number of nitrogens with one attached hydrogen (secondary N) is 1. The zero-order valence-corrected chi connectivity index (χ0v) is 12.5. The Kier molecular flexibility index (Phi) is 4.09. The highest BCUT2D eigenvalue weighted by atomic mass is 16.2. The molecule has 1 aliphatic heterocycles. The molecule has 0 bridgehead atoms. The number of aromatic nitrogens is 2. The fraction of sp³-hybridized carbons (Fsp3) is 0.438. The standard InChI is InChI=1S/C16H20N4O2/c17-16(22)13-9-11(8-12-10-18-19-15(12)13)4-5-14(21)20-6-2-1-3-7-20/h8-10H,1-7H2,(H2,17,22)(H,18,19). The van der Waals surface area contributed by atoms with Gasteiger partial charge in [0.05, 0.1) is 17.3 Å². The Morgan fingerprint density at radius 3 is 2.73 bits per heavy atom. The molecule has 2 amide bonds. The molecule has 0 aliphatic carbocycles. The molecular weight excluding hydrogens is 280 g/mol. The van der Waals surface area contributed by atoms with E-state index in [1.165, 1.54) is 6.42 Å². The fourth-order valence-electron chi connectivity index (χ4n) is 3.01. The normalized spacial score (nSPS) is 15.2. The van der Waals surface area contributed by atoms with E-state index in [4.69, 9.17) is 5.73 Å². The third kappa shape index (κ3) is 2.95. The van der Waals surface area contributed by atoms with Crippen molar-refractivity contribution in [2.75, 3.05) is 13.1 Å². The van der Waals surface area contributed by atoms with E-state index in [1.807, 2.05) is 11.0 Å². The molecule has 0 radical (unpaired) electrons. The minimum atomic E-state index is -0.488. The number of benzene rings is 1. The number of aromatic amines is 1. The Hall–Kier alpha value is -2.37. The van der Waals surface area contributed by atoms with Crippen molar-refractivity contribution in [2.24, 2.45) is 5.73 Å². The first kappa shape index (κ1) is 14.6. The number of aryl methyl sites for hydroxylation is 1. The number of H-pyrrole nitrogens is 1. The van der Waals surface area contributed by atoms with E-state index in [-0.39, 0.29) is 5.91 Å². The molecule has 116 valence electrons. The van der Waals surface area contributed by atoms with Gasteiger partial charge in [-0.05, 0) is 43.4 Å². The lowest BCUT2D eigenvalue weighted by Crippen LogP contribution is -2.35. The summed E-state index contributed by atoms with van der Waals surface area (Å²) < 4.78 is 0. The average molecular weight is 300 g/mol. The summed E-state index contributed by atoms with van der Waals surface area (Å²) in [5, 5.41) is 7.58. The van der Waals surface area contributed by atoms with E-state index >= 15 is 0 Å². The number of amides is 2. The molecule has 1 aromatic carbocycles. The van der Waals surface area contributed by atoms with Crippen LogP contribution < -0.4 is 5.73 Å². The Bertz CT molecular complexity index is 701. The molecule has 2 heterocycles. The summed E-state index contributed by atoms with van der Waals surface area (Å²) in [5.41, 5.74) is 7.43. The molecule has 0 saturated carbocycles. The van der Waals surface area contributed by atoms with Crippen LogP contribution in [0.3, 0.4) is 0 Å². The van der Waals surface area contributed by atoms with Gasteiger partial charge in [0.2, 0.25) is 5.91 Å². The highest BCUT2D eigenvalue weighted by Crippen LogP contribution is 2.20. The fourth-order valence-corrected chi connectivity index (χ4v) is 3.01. The molecule has 0 atom stereocenters. The van der Waals surface area contributed by atoms with Crippen LogP contribution in [0.15, 0.2) is 18.3 Å². The zero-order valence-electron chi connectivity index (χ0n) is 12.5. The number of hydrogen-bond donors (Lipinski definition) is 2. The van der Waals surface area contributed by atoms with Gasteiger partial charge in [0, 0.05) is 24.9 Å². The van der Waals surface area contributed by atoms with Gasteiger partial charge in [-0.1, -0.05) is 0 Å². The molecule has 3 rings (SSSR count). The predicted molar refractivity (Wildman–Crippen MR) is 83.4 cm³/mol. The molecule has 6 heteroatoms. The number of nitrogens with two attached hydrogens (primary N) is 1. The molecule has 2 aromatic rings. The van der Waals surface area contributed by atoms with Crippen LogP contribution in [0.4, 0.5) is 0 Å². The Morgan fingerprint density at radius 2 is 2.00 bits per heavy atom. The van der Waals surface area contributed by atoms with Gasteiger partial charge < -0.3 is 10.6 Å². The third-order valence-corrected chi connectivity index (χ3v) is 4.21. The van der Waals surface area contributed by atoms with Gasteiger partial charge in [0.25, 0.3) is 5.91 Å². The second kappa shape index (κ2) is 6.17. The quantitative estimate of drug-likeness (QED) is 0.898. The summed E-state index contributed by atoms with van der Waals surface area (Å²) >= 11 is 0. The van der Waals surface area contributed by atoms with E-state index in [9.17, 15) is 9.59 Å². The lowest BCUT2D eigenvalue weighted by Gasteiger charge is -2.26. The van der Waals surface area contributed by atoms with Gasteiger partial charge in [-0.2, -0.15) is 5.10 Å². The van der Waals surface area contributed by atoms with Crippen molar-refractivity contribution >= 4 is 22.7 Å². The van der Waals surface area contributed by atoms with Crippen LogP contribution in [0.2, 0.25) is 0 Å².